The molecule has 3 aromatic rings. The molecule has 2 aromatic carbocycles. The van der Waals surface area contributed by atoms with Gasteiger partial charge in [0.1, 0.15) is 0 Å². The van der Waals surface area contributed by atoms with Crippen LogP contribution in [0.15, 0.2) is 59.4 Å². The predicted molar refractivity (Wildman–Crippen MR) is 115 cm³/mol. The van der Waals surface area contributed by atoms with E-state index in [1.165, 1.54) is 43.2 Å². The molecule has 0 aliphatic heterocycles. The van der Waals surface area contributed by atoms with Gasteiger partial charge >= 0.3 is 12.6 Å². The molecule has 0 N–H and O–H groups in total. The molecule has 0 radical (unpaired) electrons. The van der Waals surface area contributed by atoms with Crippen LogP contribution in [0, 0.1) is 0 Å². The fourth-order valence-electron chi connectivity index (χ4n) is 2.83. The highest BCUT2D eigenvalue weighted by Gasteiger charge is 2.14. The fourth-order valence-corrected chi connectivity index (χ4v) is 2.83. The summed E-state index contributed by atoms with van der Waals surface area (Å²) in [6.45, 7) is 1.09. The number of hydrogen-bond donors (Lipinski definition) is 0. The molecule has 0 aliphatic rings. The van der Waals surface area contributed by atoms with Gasteiger partial charge in [0.25, 0.3) is 5.56 Å². The van der Waals surface area contributed by atoms with E-state index in [4.69, 9.17) is 9.47 Å². The minimum absolute atomic E-state index is 0.105. The maximum absolute atomic E-state index is 12.7. The number of nitrogens with zero attached hydrogens (tertiary/aromatic N) is 2. The normalized spacial score (nSPS) is 10.2. The first-order valence-corrected chi connectivity index (χ1v) is 9.80. The number of benzene rings is 2. The molecule has 9 heteroatoms. The molecule has 7 nitrogen and oxygen atoms in total. The van der Waals surface area contributed by atoms with Crippen molar-refractivity contribution in [2.45, 2.75) is 27.0 Å². The highest BCUT2D eigenvalue weighted by atomic mass is 19.3. The lowest BCUT2D eigenvalue weighted by atomic mass is 10.1. The summed E-state index contributed by atoms with van der Waals surface area (Å²) >= 11 is 0. The van der Waals surface area contributed by atoms with Crippen LogP contribution in [0.5, 0.6) is 11.5 Å². The number of methoxy groups -OCH3 is 2. The van der Waals surface area contributed by atoms with Gasteiger partial charge in [0.2, 0.25) is 0 Å². The van der Waals surface area contributed by atoms with Gasteiger partial charge in [-0.3, -0.25) is 4.79 Å². The van der Waals surface area contributed by atoms with Crippen LogP contribution in [-0.2, 0) is 11.3 Å². The number of hydrogen-bond acceptors (Lipinski definition) is 6. The minimum atomic E-state index is -3.02. The standard InChI is InChI=1S/C21H18F2N2O5.C2H6/c1-28-17-8-6-14(11-18(17)30-21(22)23)16-7-9-19(26)25(24-16)12-13-4-3-5-15(10-13)20(27)29-2;1-2/h3-11,21H,12H2,1-2H3;1-2H3. The lowest BCUT2D eigenvalue weighted by Gasteiger charge is -2.12. The van der Waals surface area contributed by atoms with Crippen LogP contribution in [0.1, 0.15) is 29.8 Å². The summed E-state index contributed by atoms with van der Waals surface area (Å²) in [5, 5.41) is 4.31. The van der Waals surface area contributed by atoms with E-state index in [2.05, 4.69) is 9.84 Å². The summed E-state index contributed by atoms with van der Waals surface area (Å²) in [6.07, 6.45) is 0. The largest absolute Gasteiger partial charge is 0.493 e. The average molecular weight is 446 g/mol. The third kappa shape index (κ3) is 6.13. The van der Waals surface area contributed by atoms with Crippen LogP contribution in [0.25, 0.3) is 11.3 Å². The van der Waals surface area contributed by atoms with Gasteiger partial charge in [-0.25, -0.2) is 9.48 Å². The second-order valence-electron chi connectivity index (χ2n) is 6.15. The van der Waals surface area contributed by atoms with Gasteiger partial charge in [-0.15, -0.1) is 0 Å². The quantitative estimate of drug-likeness (QED) is 0.501. The molecule has 32 heavy (non-hydrogen) atoms. The number of esters is 1. The van der Waals surface area contributed by atoms with E-state index in [1.54, 1.807) is 30.3 Å². The number of rotatable bonds is 7. The SMILES string of the molecule is CC.COC(=O)c1cccc(Cn2nc(-c3ccc(OC)c(OC(F)F)c3)ccc2=O)c1. The van der Waals surface area contributed by atoms with Crippen LogP contribution in [-0.4, -0.2) is 36.6 Å². The Hall–Kier alpha value is -3.75. The van der Waals surface area contributed by atoms with Crippen molar-refractivity contribution >= 4 is 5.97 Å². The van der Waals surface area contributed by atoms with Crippen molar-refractivity contribution < 1.29 is 27.8 Å². The molecule has 0 spiro atoms. The number of halogens is 2. The Labute approximate surface area is 184 Å². The Balaban J connectivity index is 0.00000176. The van der Waals surface area contributed by atoms with Crippen LogP contribution < -0.4 is 15.0 Å². The molecule has 0 aliphatic carbocycles. The van der Waals surface area contributed by atoms with Crippen LogP contribution in [0.4, 0.5) is 8.78 Å². The van der Waals surface area contributed by atoms with Crippen molar-refractivity contribution in [2.24, 2.45) is 0 Å². The van der Waals surface area contributed by atoms with Crippen molar-refractivity contribution in [2.75, 3.05) is 14.2 Å². The summed E-state index contributed by atoms with van der Waals surface area (Å²) in [5.74, 6) is -0.488. The van der Waals surface area contributed by atoms with Gasteiger partial charge in [0.15, 0.2) is 11.5 Å². The molecule has 3 rings (SSSR count). The van der Waals surface area contributed by atoms with E-state index in [0.717, 1.165) is 0 Å². The Morgan fingerprint density at radius 3 is 2.44 bits per heavy atom. The van der Waals surface area contributed by atoms with Crippen molar-refractivity contribution in [3.63, 3.8) is 0 Å². The van der Waals surface area contributed by atoms with E-state index < -0.39 is 12.6 Å². The maximum atomic E-state index is 12.7. The smallest absolute Gasteiger partial charge is 0.387 e. The Morgan fingerprint density at radius 2 is 1.78 bits per heavy atom. The lowest BCUT2D eigenvalue weighted by Crippen LogP contribution is -2.23. The third-order valence-electron chi connectivity index (χ3n) is 4.22. The molecule has 0 saturated heterocycles. The van der Waals surface area contributed by atoms with E-state index in [9.17, 15) is 18.4 Å². The predicted octanol–water partition coefficient (Wildman–Crippen LogP) is 4.38. The first-order valence-electron chi connectivity index (χ1n) is 9.80. The van der Waals surface area contributed by atoms with Gasteiger partial charge in [-0.05, 0) is 42.0 Å². The monoisotopic (exact) mass is 446 g/mol. The highest BCUT2D eigenvalue weighted by Crippen LogP contribution is 2.32. The summed E-state index contributed by atoms with van der Waals surface area (Å²) in [6, 6.07) is 13.9. The lowest BCUT2D eigenvalue weighted by molar-refractivity contribution is -0.0511. The van der Waals surface area contributed by atoms with Gasteiger partial charge in [0.05, 0.1) is 32.0 Å². The third-order valence-corrected chi connectivity index (χ3v) is 4.22. The van der Waals surface area contributed by atoms with Gasteiger partial charge in [0, 0.05) is 11.6 Å². The molecule has 170 valence electrons. The van der Waals surface area contributed by atoms with Gasteiger partial charge < -0.3 is 14.2 Å². The van der Waals surface area contributed by atoms with Crippen LogP contribution in [0.3, 0.4) is 0 Å². The number of ether oxygens (including phenoxy) is 3. The molecule has 0 saturated carbocycles. The van der Waals surface area contributed by atoms with Crippen molar-refractivity contribution in [1.29, 1.82) is 0 Å². The minimum Gasteiger partial charge on any atom is -0.493 e. The van der Waals surface area contributed by atoms with Crippen molar-refractivity contribution in [1.82, 2.24) is 9.78 Å². The Bertz CT molecular complexity index is 1120. The molecule has 0 fully saturated rings. The zero-order valence-corrected chi connectivity index (χ0v) is 18.2. The molecule has 1 aromatic heterocycles. The molecule has 0 amide bonds. The van der Waals surface area contributed by atoms with E-state index in [1.807, 2.05) is 13.8 Å². The zero-order chi connectivity index (χ0) is 23.7. The molecule has 0 unspecified atom stereocenters. The second kappa shape index (κ2) is 11.6. The highest BCUT2D eigenvalue weighted by molar-refractivity contribution is 5.89. The summed E-state index contributed by atoms with van der Waals surface area (Å²) in [4.78, 5) is 24.0. The summed E-state index contributed by atoms with van der Waals surface area (Å²) in [5.41, 5.74) is 1.49. The Kier molecular flexibility index (Phi) is 8.88. The summed E-state index contributed by atoms with van der Waals surface area (Å²) in [7, 11) is 2.62. The topological polar surface area (TPSA) is 79.7 Å². The first-order chi connectivity index (χ1) is 15.4. The van der Waals surface area contributed by atoms with Crippen molar-refractivity contribution in [3.05, 3.63) is 76.1 Å². The molecule has 0 atom stereocenters. The maximum Gasteiger partial charge on any atom is 0.387 e. The van der Waals surface area contributed by atoms with Crippen LogP contribution in [0.2, 0.25) is 0 Å². The number of carbonyl (C=O) groups is 1. The Morgan fingerprint density at radius 1 is 1.03 bits per heavy atom. The van der Waals surface area contributed by atoms with E-state index in [0.29, 0.717) is 22.4 Å². The van der Waals surface area contributed by atoms with E-state index in [-0.39, 0.29) is 23.6 Å². The van der Waals surface area contributed by atoms with Gasteiger partial charge in [-0.2, -0.15) is 13.9 Å². The van der Waals surface area contributed by atoms with Crippen LogP contribution >= 0.6 is 0 Å². The number of carbonyl (C=O) groups excluding carboxylic acids is 1. The van der Waals surface area contributed by atoms with Gasteiger partial charge in [-0.1, -0.05) is 26.0 Å². The van der Waals surface area contributed by atoms with E-state index >= 15 is 0 Å². The molecular weight excluding hydrogens is 422 g/mol. The molecular formula is C23H24F2N2O5. The fraction of sp³-hybridized carbons (Fsp3) is 0.261. The number of alkyl halides is 2. The first kappa shape index (κ1) is 24.5. The zero-order valence-electron chi connectivity index (χ0n) is 18.2. The molecule has 1 heterocycles. The number of aromatic nitrogens is 2. The summed E-state index contributed by atoms with van der Waals surface area (Å²) < 4.78 is 40.8. The average Bonchev–Trinajstić information content (AvgIpc) is 2.81. The second-order valence-corrected chi connectivity index (χ2v) is 6.15. The van der Waals surface area contributed by atoms with Crippen molar-refractivity contribution in [3.8, 4) is 22.8 Å². The molecule has 0 bridgehead atoms.